The number of benzene rings is 1. The Kier molecular flexibility index (Phi) is 4.57. The SMILES string of the molecule is COC(=O)c1cc(NCc2cncn2C(C)C)ccc1F. The summed E-state index contributed by atoms with van der Waals surface area (Å²) in [6.07, 6.45) is 3.55. The molecule has 0 aliphatic heterocycles. The van der Waals surface area contributed by atoms with Gasteiger partial charge in [-0.3, -0.25) is 0 Å². The number of imidazole rings is 1. The molecule has 0 spiro atoms. The first-order chi connectivity index (χ1) is 10.0. The molecule has 6 heteroatoms. The van der Waals surface area contributed by atoms with Gasteiger partial charge < -0.3 is 14.6 Å². The monoisotopic (exact) mass is 291 g/mol. The molecule has 2 rings (SSSR count). The zero-order valence-electron chi connectivity index (χ0n) is 12.3. The minimum atomic E-state index is -0.691. The summed E-state index contributed by atoms with van der Waals surface area (Å²) in [6.45, 7) is 4.67. The fourth-order valence-corrected chi connectivity index (χ4v) is 2.03. The molecular formula is C15H18FN3O2. The van der Waals surface area contributed by atoms with Crippen molar-refractivity contribution in [2.75, 3.05) is 12.4 Å². The fourth-order valence-electron chi connectivity index (χ4n) is 2.03. The van der Waals surface area contributed by atoms with E-state index in [4.69, 9.17) is 0 Å². The van der Waals surface area contributed by atoms with Gasteiger partial charge in [0.1, 0.15) is 5.82 Å². The summed E-state index contributed by atoms with van der Waals surface area (Å²) in [4.78, 5) is 15.6. The number of esters is 1. The van der Waals surface area contributed by atoms with Crippen LogP contribution in [0.15, 0.2) is 30.7 Å². The fraction of sp³-hybridized carbons (Fsp3) is 0.333. The van der Waals surface area contributed by atoms with E-state index in [-0.39, 0.29) is 5.56 Å². The zero-order valence-corrected chi connectivity index (χ0v) is 12.3. The molecule has 0 radical (unpaired) electrons. The van der Waals surface area contributed by atoms with Gasteiger partial charge in [0.25, 0.3) is 0 Å². The molecule has 0 amide bonds. The van der Waals surface area contributed by atoms with Gasteiger partial charge in [-0.15, -0.1) is 0 Å². The zero-order chi connectivity index (χ0) is 15.4. The molecule has 2 aromatic rings. The van der Waals surface area contributed by atoms with Gasteiger partial charge in [0.2, 0.25) is 0 Å². The van der Waals surface area contributed by atoms with Crippen LogP contribution in [0.2, 0.25) is 0 Å². The normalized spacial score (nSPS) is 10.7. The van der Waals surface area contributed by atoms with Gasteiger partial charge >= 0.3 is 5.97 Å². The number of halogens is 1. The van der Waals surface area contributed by atoms with Crippen LogP contribution in [0.3, 0.4) is 0 Å². The second kappa shape index (κ2) is 6.39. The van der Waals surface area contributed by atoms with Crippen LogP contribution in [0.25, 0.3) is 0 Å². The largest absolute Gasteiger partial charge is 0.465 e. The van der Waals surface area contributed by atoms with Crippen LogP contribution >= 0.6 is 0 Å². The average Bonchev–Trinajstić information content (AvgIpc) is 2.94. The van der Waals surface area contributed by atoms with Crippen molar-refractivity contribution in [3.63, 3.8) is 0 Å². The van der Waals surface area contributed by atoms with Gasteiger partial charge in [0.15, 0.2) is 0 Å². The molecule has 5 nitrogen and oxygen atoms in total. The Morgan fingerprint density at radius 1 is 1.48 bits per heavy atom. The maximum absolute atomic E-state index is 13.5. The number of carbonyl (C=O) groups excluding carboxylic acids is 1. The highest BCUT2D eigenvalue weighted by molar-refractivity contribution is 5.90. The number of ether oxygens (including phenoxy) is 1. The Hall–Kier alpha value is -2.37. The average molecular weight is 291 g/mol. The van der Waals surface area contributed by atoms with Gasteiger partial charge in [0.05, 0.1) is 31.2 Å². The van der Waals surface area contributed by atoms with Gasteiger partial charge in [-0.2, -0.15) is 0 Å². The molecule has 1 aromatic carbocycles. The van der Waals surface area contributed by atoms with Crippen LogP contribution in [0.1, 0.15) is 35.9 Å². The summed E-state index contributed by atoms with van der Waals surface area (Å²) >= 11 is 0. The molecule has 0 bridgehead atoms. The van der Waals surface area contributed by atoms with Crippen LogP contribution in [0, 0.1) is 5.82 Å². The molecule has 0 saturated carbocycles. The maximum Gasteiger partial charge on any atom is 0.340 e. The van der Waals surface area contributed by atoms with Crippen molar-refractivity contribution in [1.82, 2.24) is 9.55 Å². The first-order valence-electron chi connectivity index (χ1n) is 6.65. The number of aromatic nitrogens is 2. The number of methoxy groups -OCH3 is 1. The molecule has 1 heterocycles. The van der Waals surface area contributed by atoms with E-state index in [1.807, 2.05) is 4.57 Å². The number of rotatable bonds is 5. The van der Waals surface area contributed by atoms with Crippen LogP contribution in [0.4, 0.5) is 10.1 Å². The highest BCUT2D eigenvalue weighted by Crippen LogP contribution is 2.17. The minimum absolute atomic E-state index is 0.0835. The number of carbonyl (C=O) groups is 1. The summed E-state index contributed by atoms with van der Waals surface area (Å²) in [5, 5.41) is 3.15. The highest BCUT2D eigenvalue weighted by Gasteiger charge is 2.13. The summed E-state index contributed by atoms with van der Waals surface area (Å²) in [6, 6.07) is 4.58. The van der Waals surface area contributed by atoms with Crippen molar-refractivity contribution in [2.45, 2.75) is 26.4 Å². The van der Waals surface area contributed by atoms with Gasteiger partial charge in [-0.25, -0.2) is 14.2 Å². The maximum atomic E-state index is 13.5. The predicted octanol–water partition coefficient (Wildman–Crippen LogP) is 3.00. The van der Waals surface area contributed by atoms with E-state index < -0.39 is 11.8 Å². The lowest BCUT2D eigenvalue weighted by Crippen LogP contribution is -2.10. The van der Waals surface area contributed by atoms with E-state index in [0.717, 1.165) is 5.69 Å². The number of nitrogens with one attached hydrogen (secondary N) is 1. The summed E-state index contributed by atoms with van der Waals surface area (Å²) < 4.78 is 20.1. The molecule has 112 valence electrons. The topological polar surface area (TPSA) is 56.1 Å². The molecule has 1 N–H and O–H groups in total. The molecular weight excluding hydrogens is 273 g/mol. The molecule has 0 atom stereocenters. The third-order valence-corrected chi connectivity index (χ3v) is 3.15. The predicted molar refractivity (Wildman–Crippen MR) is 77.7 cm³/mol. The summed E-state index contributed by atoms with van der Waals surface area (Å²) in [5.74, 6) is -1.29. The smallest absolute Gasteiger partial charge is 0.340 e. The van der Waals surface area contributed by atoms with Crippen LogP contribution < -0.4 is 5.32 Å². The lowest BCUT2D eigenvalue weighted by atomic mass is 10.2. The molecule has 0 unspecified atom stereocenters. The standard InChI is InChI=1S/C15H18FN3O2/c1-10(2)19-9-17-7-12(19)8-18-11-4-5-14(16)13(6-11)15(20)21-3/h4-7,9-10,18H,8H2,1-3H3. The Morgan fingerprint density at radius 3 is 2.90 bits per heavy atom. The van der Waals surface area contributed by atoms with Crippen LogP contribution in [-0.4, -0.2) is 22.6 Å². The van der Waals surface area contributed by atoms with Crippen LogP contribution in [-0.2, 0) is 11.3 Å². The first-order valence-corrected chi connectivity index (χ1v) is 6.65. The van der Waals surface area contributed by atoms with Crippen molar-refractivity contribution in [3.8, 4) is 0 Å². The summed E-state index contributed by atoms with van der Waals surface area (Å²) in [7, 11) is 1.23. The molecule has 0 aliphatic carbocycles. The second-order valence-corrected chi connectivity index (χ2v) is 4.93. The number of hydrogen-bond donors (Lipinski definition) is 1. The molecule has 1 aromatic heterocycles. The highest BCUT2D eigenvalue weighted by atomic mass is 19.1. The van der Waals surface area contributed by atoms with Crippen molar-refractivity contribution in [3.05, 3.63) is 47.8 Å². The third kappa shape index (κ3) is 3.39. The van der Waals surface area contributed by atoms with Crippen LogP contribution in [0.5, 0.6) is 0 Å². The lowest BCUT2D eigenvalue weighted by molar-refractivity contribution is 0.0595. The second-order valence-electron chi connectivity index (χ2n) is 4.93. The Morgan fingerprint density at radius 2 is 2.24 bits per heavy atom. The van der Waals surface area contributed by atoms with Gasteiger partial charge in [0, 0.05) is 17.9 Å². The van der Waals surface area contributed by atoms with E-state index in [2.05, 4.69) is 28.9 Å². The Balaban J connectivity index is 2.13. The van der Waals surface area contributed by atoms with E-state index in [0.29, 0.717) is 18.3 Å². The minimum Gasteiger partial charge on any atom is -0.465 e. The van der Waals surface area contributed by atoms with E-state index in [9.17, 15) is 9.18 Å². The number of hydrogen-bond acceptors (Lipinski definition) is 4. The summed E-state index contributed by atoms with van der Waals surface area (Å²) in [5.41, 5.74) is 1.57. The quantitative estimate of drug-likeness (QED) is 0.860. The number of anilines is 1. The Labute approximate surface area is 122 Å². The number of nitrogens with zero attached hydrogens (tertiary/aromatic N) is 2. The van der Waals surface area contributed by atoms with Gasteiger partial charge in [-0.05, 0) is 32.0 Å². The van der Waals surface area contributed by atoms with E-state index in [1.54, 1.807) is 18.6 Å². The molecule has 0 aliphatic rings. The Bertz CT molecular complexity index is 638. The van der Waals surface area contributed by atoms with Gasteiger partial charge in [-0.1, -0.05) is 0 Å². The first kappa shape index (κ1) is 15.0. The van der Waals surface area contributed by atoms with E-state index in [1.165, 1.54) is 19.2 Å². The van der Waals surface area contributed by atoms with Crippen molar-refractivity contribution in [2.24, 2.45) is 0 Å². The van der Waals surface area contributed by atoms with Crippen molar-refractivity contribution in [1.29, 1.82) is 0 Å². The molecule has 21 heavy (non-hydrogen) atoms. The van der Waals surface area contributed by atoms with Crippen molar-refractivity contribution < 1.29 is 13.9 Å². The third-order valence-electron chi connectivity index (χ3n) is 3.15. The van der Waals surface area contributed by atoms with Crippen molar-refractivity contribution >= 4 is 11.7 Å². The lowest BCUT2D eigenvalue weighted by Gasteiger charge is -2.13. The van der Waals surface area contributed by atoms with E-state index >= 15 is 0 Å². The molecule has 0 fully saturated rings. The molecule has 0 saturated heterocycles.